The second kappa shape index (κ2) is 5.22. The van der Waals surface area contributed by atoms with E-state index < -0.39 is 0 Å². The highest BCUT2D eigenvalue weighted by atomic mass is 16.2. The molecule has 0 spiro atoms. The highest BCUT2D eigenvalue weighted by Gasteiger charge is 2.07. The van der Waals surface area contributed by atoms with Crippen LogP contribution >= 0.6 is 0 Å². The van der Waals surface area contributed by atoms with Crippen LogP contribution < -0.4 is 4.90 Å². The SMILES string of the molecule is CC=CCN(C(C)=O)c1ccccc1. The Balaban J connectivity index is 2.83. The topological polar surface area (TPSA) is 20.3 Å². The average molecular weight is 189 g/mol. The lowest BCUT2D eigenvalue weighted by Crippen LogP contribution is -2.28. The van der Waals surface area contributed by atoms with Gasteiger partial charge in [0.2, 0.25) is 5.91 Å². The van der Waals surface area contributed by atoms with Crippen LogP contribution in [-0.2, 0) is 4.79 Å². The van der Waals surface area contributed by atoms with E-state index in [-0.39, 0.29) is 5.91 Å². The molecule has 2 heteroatoms. The Labute approximate surface area is 84.9 Å². The minimum atomic E-state index is 0.0642. The summed E-state index contributed by atoms with van der Waals surface area (Å²) in [6.07, 6.45) is 3.91. The number of benzene rings is 1. The van der Waals surface area contributed by atoms with Crippen molar-refractivity contribution in [3.8, 4) is 0 Å². The first-order valence-electron chi connectivity index (χ1n) is 4.70. The lowest BCUT2D eigenvalue weighted by molar-refractivity contribution is -0.116. The van der Waals surface area contributed by atoms with Crippen LogP contribution in [-0.4, -0.2) is 12.5 Å². The predicted molar refractivity (Wildman–Crippen MR) is 59.3 cm³/mol. The number of amides is 1. The van der Waals surface area contributed by atoms with E-state index in [1.165, 1.54) is 0 Å². The molecule has 1 rings (SSSR count). The van der Waals surface area contributed by atoms with E-state index in [1.807, 2.05) is 49.4 Å². The van der Waals surface area contributed by atoms with Gasteiger partial charge in [0.15, 0.2) is 0 Å². The fourth-order valence-electron chi connectivity index (χ4n) is 1.23. The molecule has 14 heavy (non-hydrogen) atoms. The molecule has 1 amide bonds. The molecular weight excluding hydrogens is 174 g/mol. The van der Waals surface area contributed by atoms with Gasteiger partial charge >= 0.3 is 0 Å². The van der Waals surface area contributed by atoms with Crippen LogP contribution in [0.3, 0.4) is 0 Å². The summed E-state index contributed by atoms with van der Waals surface area (Å²) in [5.74, 6) is 0.0642. The van der Waals surface area contributed by atoms with Crippen molar-refractivity contribution in [3.63, 3.8) is 0 Å². The third kappa shape index (κ3) is 2.73. The van der Waals surface area contributed by atoms with Crippen molar-refractivity contribution in [2.75, 3.05) is 11.4 Å². The first-order valence-corrected chi connectivity index (χ1v) is 4.70. The maximum atomic E-state index is 11.3. The molecule has 0 aromatic heterocycles. The predicted octanol–water partition coefficient (Wildman–Crippen LogP) is 2.62. The van der Waals surface area contributed by atoms with E-state index >= 15 is 0 Å². The number of carbonyl (C=O) groups is 1. The number of rotatable bonds is 3. The van der Waals surface area contributed by atoms with Gasteiger partial charge in [0, 0.05) is 19.2 Å². The van der Waals surface area contributed by atoms with Gasteiger partial charge in [-0.25, -0.2) is 0 Å². The van der Waals surface area contributed by atoms with E-state index in [4.69, 9.17) is 0 Å². The van der Waals surface area contributed by atoms with E-state index in [9.17, 15) is 4.79 Å². The first-order chi connectivity index (χ1) is 6.75. The van der Waals surface area contributed by atoms with Crippen molar-refractivity contribution in [3.05, 3.63) is 42.5 Å². The van der Waals surface area contributed by atoms with Crippen LogP contribution in [0, 0.1) is 0 Å². The standard InChI is InChI=1S/C12H15NO/c1-3-4-10-13(11(2)14)12-8-6-5-7-9-12/h3-9H,10H2,1-2H3. The summed E-state index contributed by atoms with van der Waals surface area (Å²) in [5, 5.41) is 0. The Bertz CT molecular complexity index is 316. The highest BCUT2D eigenvalue weighted by Crippen LogP contribution is 2.12. The minimum absolute atomic E-state index is 0.0642. The van der Waals surface area contributed by atoms with Crippen molar-refractivity contribution in [2.24, 2.45) is 0 Å². The maximum absolute atomic E-state index is 11.3. The van der Waals surface area contributed by atoms with E-state index in [0.29, 0.717) is 6.54 Å². The Morgan fingerprint density at radius 3 is 2.50 bits per heavy atom. The molecule has 0 N–H and O–H groups in total. The molecule has 0 unspecified atom stereocenters. The fourth-order valence-corrected chi connectivity index (χ4v) is 1.23. The molecule has 0 saturated heterocycles. The molecule has 1 aromatic carbocycles. The zero-order valence-corrected chi connectivity index (χ0v) is 8.60. The number of carbonyl (C=O) groups excluding carboxylic acids is 1. The van der Waals surface area contributed by atoms with Crippen LogP contribution in [0.25, 0.3) is 0 Å². The normalized spacial score (nSPS) is 10.4. The summed E-state index contributed by atoms with van der Waals surface area (Å²) in [4.78, 5) is 13.1. The van der Waals surface area contributed by atoms with Crippen molar-refractivity contribution in [1.29, 1.82) is 0 Å². The van der Waals surface area contributed by atoms with Crippen LogP contribution in [0.4, 0.5) is 5.69 Å². The molecule has 0 fully saturated rings. The third-order valence-corrected chi connectivity index (χ3v) is 1.97. The van der Waals surface area contributed by atoms with Gasteiger partial charge in [-0.1, -0.05) is 30.4 Å². The Hall–Kier alpha value is -1.57. The molecule has 0 radical (unpaired) electrons. The lowest BCUT2D eigenvalue weighted by atomic mass is 10.3. The largest absolute Gasteiger partial charge is 0.309 e. The first kappa shape index (κ1) is 10.5. The molecule has 0 aliphatic rings. The van der Waals surface area contributed by atoms with Crippen LogP contribution in [0.15, 0.2) is 42.5 Å². The summed E-state index contributed by atoms with van der Waals surface area (Å²) in [6.45, 7) is 4.16. The molecule has 2 nitrogen and oxygen atoms in total. The Morgan fingerprint density at radius 2 is 2.00 bits per heavy atom. The van der Waals surface area contributed by atoms with E-state index in [2.05, 4.69) is 0 Å². The molecule has 0 bridgehead atoms. The monoisotopic (exact) mass is 189 g/mol. The number of allylic oxidation sites excluding steroid dienone is 1. The maximum Gasteiger partial charge on any atom is 0.224 e. The average Bonchev–Trinajstić information content (AvgIpc) is 2.19. The second-order valence-corrected chi connectivity index (χ2v) is 3.03. The van der Waals surface area contributed by atoms with E-state index in [1.54, 1.807) is 11.8 Å². The van der Waals surface area contributed by atoms with Gasteiger partial charge in [-0.05, 0) is 19.1 Å². The molecule has 0 heterocycles. The van der Waals surface area contributed by atoms with Crippen molar-refractivity contribution in [1.82, 2.24) is 0 Å². The van der Waals surface area contributed by atoms with Gasteiger partial charge < -0.3 is 4.90 Å². The van der Waals surface area contributed by atoms with Gasteiger partial charge in [-0.2, -0.15) is 0 Å². The summed E-state index contributed by atoms with van der Waals surface area (Å²) in [5.41, 5.74) is 0.943. The van der Waals surface area contributed by atoms with Gasteiger partial charge in [-0.15, -0.1) is 0 Å². The zero-order valence-electron chi connectivity index (χ0n) is 8.60. The summed E-state index contributed by atoms with van der Waals surface area (Å²) >= 11 is 0. The second-order valence-electron chi connectivity index (χ2n) is 3.03. The molecule has 0 aliphatic carbocycles. The number of nitrogens with zero attached hydrogens (tertiary/aromatic N) is 1. The van der Waals surface area contributed by atoms with Crippen LogP contribution in [0.2, 0.25) is 0 Å². The Morgan fingerprint density at radius 1 is 1.36 bits per heavy atom. The number of para-hydroxylation sites is 1. The minimum Gasteiger partial charge on any atom is -0.309 e. The molecule has 0 atom stereocenters. The van der Waals surface area contributed by atoms with Crippen LogP contribution in [0.1, 0.15) is 13.8 Å². The van der Waals surface area contributed by atoms with Crippen molar-refractivity contribution >= 4 is 11.6 Å². The molecule has 0 saturated carbocycles. The summed E-state index contributed by atoms with van der Waals surface area (Å²) in [7, 11) is 0. The van der Waals surface area contributed by atoms with Crippen molar-refractivity contribution in [2.45, 2.75) is 13.8 Å². The summed E-state index contributed by atoms with van der Waals surface area (Å²) < 4.78 is 0. The van der Waals surface area contributed by atoms with Gasteiger partial charge in [-0.3, -0.25) is 4.79 Å². The fraction of sp³-hybridized carbons (Fsp3) is 0.250. The molecule has 0 aliphatic heterocycles. The van der Waals surface area contributed by atoms with Crippen molar-refractivity contribution < 1.29 is 4.79 Å². The quantitative estimate of drug-likeness (QED) is 0.669. The number of hydrogen-bond donors (Lipinski definition) is 0. The highest BCUT2D eigenvalue weighted by molar-refractivity contribution is 5.91. The zero-order chi connectivity index (χ0) is 10.4. The number of anilines is 1. The molecule has 74 valence electrons. The van der Waals surface area contributed by atoms with E-state index in [0.717, 1.165) is 5.69 Å². The summed E-state index contributed by atoms with van der Waals surface area (Å²) in [6, 6.07) is 9.68. The van der Waals surface area contributed by atoms with Gasteiger partial charge in [0.05, 0.1) is 0 Å². The third-order valence-electron chi connectivity index (χ3n) is 1.97. The molecule has 1 aromatic rings. The van der Waals surface area contributed by atoms with Crippen LogP contribution in [0.5, 0.6) is 0 Å². The van der Waals surface area contributed by atoms with Gasteiger partial charge in [0.1, 0.15) is 0 Å². The lowest BCUT2D eigenvalue weighted by Gasteiger charge is -2.18. The molecular formula is C12H15NO. The number of hydrogen-bond acceptors (Lipinski definition) is 1. The smallest absolute Gasteiger partial charge is 0.224 e. The Kier molecular flexibility index (Phi) is 3.92. The van der Waals surface area contributed by atoms with Gasteiger partial charge in [0.25, 0.3) is 0 Å².